The maximum Gasteiger partial charge on any atom is 0.466 e. The van der Waals surface area contributed by atoms with Crippen LogP contribution in [0.5, 0.6) is 11.5 Å². The van der Waals surface area contributed by atoms with E-state index in [1.807, 2.05) is 82.3 Å². The van der Waals surface area contributed by atoms with Crippen LogP contribution in [0.15, 0.2) is 54.6 Å². The molecule has 0 bridgehead atoms. The summed E-state index contributed by atoms with van der Waals surface area (Å²) in [5.74, 6) is 0.0256. The molecule has 27 heavy (non-hydrogen) atoms. The third-order valence-electron chi connectivity index (χ3n) is 5.26. The molecule has 0 aliphatic carbocycles. The van der Waals surface area contributed by atoms with Crippen molar-refractivity contribution in [2.24, 2.45) is 0 Å². The zero-order chi connectivity index (χ0) is 19.7. The predicted molar refractivity (Wildman–Crippen MR) is 104 cm³/mol. The number of carbonyl (C=O) groups is 1. The highest BCUT2D eigenvalue weighted by Crippen LogP contribution is 2.42. The van der Waals surface area contributed by atoms with Crippen LogP contribution in [0.2, 0.25) is 0 Å². The minimum atomic E-state index is -0.899. The van der Waals surface area contributed by atoms with E-state index in [2.05, 4.69) is 0 Å². The van der Waals surface area contributed by atoms with Crippen molar-refractivity contribution in [1.29, 1.82) is 0 Å². The first-order valence-corrected chi connectivity index (χ1v) is 9.08. The van der Waals surface area contributed by atoms with E-state index in [1.54, 1.807) is 0 Å². The van der Waals surface area contributed by atoms with E-state index in [0.29, 0.717) is 5.75 Å². The lowest BCUT2D eigenvalue weighted by Crippen LogP contribution is -2.41. The molecule has 1 N–H and O–H groups in total. The fraction of sp³-hybridized carbons (Fsp3) is 0.381. The van der Waals surface area contributed by atoms with Gasteiger partial charge < -0.3 is 19.2 Å². The van der Waals surface area contributed by atoms with Crippen LogP contribution in [-0.4, -0.2) is 29.4 Å². The number of rotatable bonds is 6. The quantitative estimate of drug-likeness (QED) is 0.751. The van der Waals surface area contributed by atoms with Gasteiger partial charge in [-0.05, 0) is 57.5 Å². The molecule has 5 nitrogen and oxygen atoms in total. The summed E-state index contributed by atoms with van der Waals surface area (Å²) in [6.45, 7) is 7.83. The minimum Gasteiger partial charge on any atom is -0.481 e. The normalized spacial score (nSPS) is 18.9. The highest BCUT2D eigenvalue weighted by molar-refractivity contribution is 6.48. The molecule has 0 radical (unpaired) electrons. The number of carboxylic acids is 1. The van der Waals surface area contributed by atoms with Crippen molar-refractivity contribution in [3.8, 4) is 11.5 Å². The Balaban J connectivity index is 1.88. The molecule has 1 unspecified atom stereocenters. The number of benzene rings is 2. The van der Waals surface area contributed by atoms with Gasteiger partial charge in [-0.15, -0.1) is 0 Å². The Morgan fingerprint density at radius 3 is 2.19 bits per heavy atom. The third-order valence-corrected chi connectivity index (χ3v) is 5.26. The van der Waals surface area contributed by atoms with Gasteiger partial charge in [-0.25, -0.2) is 0 Å². The van der Waals surface area contributed by atoms with Crippen LogP contribution in [0.25, 0.3) is 0 Å². The molecular formula is C21H25BO5. The van der Waals surface area contributed by atoms with E-state index >= 15 is 0 Å². The van der Waals surface area contributed by atoms with E-state index in [9.17, 15) is 9.90 Å². The summed E-state index contributed by atoms with van der Waals surface area (Å²) in [7, 11) is -0.641. The van der Waals surface area contributed by atoms with Crippen molar-refractivity contribution in [1.82, 2.24) is 0 Å². The molecule has 2 aromatic carbocycles. The predicted octanol–water partition coefficient (Wildman–Crippen LogP) is 4.67. The molecule has 2 aromatic rings. The zero-order valence-corrected chi connectivity index (χ0v) is 16.1. The summed E-state index contributed by atoms with van der Waals surface area (Å²) >= 11 is 0. The Morgan fingerprint density at radius 1 is 1.00 bits per heavy atom. The van der Waals surface area contributed by atoms with Gasteiger partial charge in [0.2, 0.25) is 0 Å². The maximum atomic E-state index is 11.5. The summed E-state index contributed by atoms with van der Waals surface area (Å²) in [6, 6.07) is 16.9. The highest BCUT2D eigenvalue weighted by Gasteiger charge is 2.54. The van der Waals surface area contributed by atoms with Crippen LogP contribution in [0.3, 0.4) is 0 Å². The second-order valence-corrected chi connectivity index (χ2v) is 7.82. The van der Waals surface area contributed by atoms with Gasteiger partial charge in [-0.2, -0.15) is 0 Å². The van der Waals surface area contributed by atoms with Crippen molar-refractivity contribution in [2.45, 2.75) is 51.1 Å². The summed E-state index contributed by atoms with van der Waals surface area (Å²) in [5.41, 5.74) is -0.233. The molecule has 3 rings (SSSR count). The first-order valence-electron chi connectivity index (χ1n) is 9.08. The number of aliphatic carboxylic acids is 1. The molecule has 1 saturated heterocycles. The molecule has 1 atom stereocenters. The zero-order valence-electron chi connectivity index (χ0n) is 16.1. The number of hydrogen-bond acceptors (Lipinski definition) is 4. The molecule has 142 valence electrons. The van der Waals surface area contributed by atoms with E-state index in [-0.39, 0.29) is 6.42 Å². The summed E-state index contributed by atoms with van der Waals surface area (Å²) < 4.78 is 18.1. The van der Waals surface area contributed by atoms with Crippen LogP contribution in [0.4, 0.5) is 0 Å². The van der Waals surface area contributed by atoms with Crippen LogP contribution >= 0.6 is 0 Å². The van der Waals surface area contributed by atoms with Gasteiger partial charge in [-0.1, -0.05) is 30.3 Å². The van der Waals surface area contributed by atoms with Crippen molar-refractivity contribution in [3.63, 3.8) is 0 Å². The average Bonchev–Trinajstić information content (AvgIpc) is 2.81. The van der Waals surface area contributed by atoms with Gasteiger partial charge in [0.1, 0.15) is 11.5 Å². The SMILES string of the molecule is CC1(C)OB(C(CC(=O)O)c2cccc(Oc3ccccc3)c2)OC1(C)C. The number of hydrogen-bond donors (Lipinski definition) is 1. The summed E-state index contributed by atoms with van der Waals surface area (Å²) in [4.78, 5) is 11.5. The lowest BCUT2D eigenvalue weighted by atomic mass is 9.66. The van der Waals surface area contributed by atoms with E-state index in [4.69, 9.17) is 14.0 Å². The van der Waals surface area contributed by atoms with Crippen molar-refractivity contribution in [3.05, 3.63) is 60.2 Å². The third kappa shape index (κ3) is 4.34. The van der Waals surface area contributed by atoms with Crippen molar-refractivity contribution in [2.75, 3.05) is 0 Å². The Morgan fingerprint density at radius 2 is 1.59 bits per heavy atom. The molecule has 6 heteroatoms. The lowest BCUT2D eigenvalue weighted by Gasteiger charge is -2.32. The van der Waals surface area contributed by atoms with Crippen LogP contribution in [0.1, 0.15) is 45.5 Å². The summed E-state index contributed by atoms with van der Waals surface area (Å²) in [6.07, 6.45) is -0.0916. The fourth-order valence-electron chi connectivity index (χ4n) is 3.05. The largest absolute Gasteiger partial charge is 0.481 e. The smallest absolute Gasteiger partial charge is 0.466 e. The second kappa shape index (κ2) is 7.37. The van der Waals surface area contributed by atoms with Gasteiger partial charge in [0.05, 0.1) is 17.6 Å². The van der Waals surface area contributed by atoms with Crippen LogP contribution in [-0.2, 0) is 14.1 Å². The molecule has 0 amide bonds. The van der Waals surface area contributed by atoms with Gasteiger partial charge in [0.15, 0.2) is 0 Å². The molecule has 0 aromatic heterocycles. The first-order chi connectivity index (χ1) is 12.7. The molecule has 1 fully saturated rings. The van der Waals surface area contributed by atoms with Crippen LogP contribution < -0.4 is 4.74 Å². The minimum absolute atomic E-state index is 0.0916. The monoisotopic (exact) mass is 368 g/mol. The summed E-state index contributed by atoms with van der Waals surface area (Å²) in [5, 5.41) is 9.43. The Hall–Kier alpha value is -2.31. The van der Waals surface area contributed by atoms with Gasteiger partial charge >= 0.3 is 13.1 Å². The van der Waals surface area contributed by atoms with Gasteiger partial charge in [0, 0.05) is 5.82 Å². The topological polar surface area (TPSA) is 65.0 Å². The van der Waals surface area contributed by atoms with Gasteiger partial charge in [0.25, 0.3) is 0 Å². The first kappa shape index (κ1) is 19.5. The average molecular weight is 368 g/mol. The molecule has 1 aliphatic rings. The van der Waals surface area contributed by atoms with Crippen molar-refractivity contribution >= 4 is 13.1 Å². The molecule has 1 heterocycles. The fourth-order valence-corrected chi connectivity index (χ4v) is 3.05. The van der Waals surface area contributed by atoms with Gasteiger partial charge in [-0.3, -0.25) is 4.79 Å². The molecule has 0 spiro atoms. The van der Waals surface area contributed by atoms with E-state index in [0.717, 1.165) is 11.3 Å². The van der Waals surface area contributed by atoms with Crippen molar-refractivity contribution < 1.29 is 23.9 Å². The maximum absolute atomic E-state index is 11.5. The number of ether oxygens (including phenoxy) is 1. The van der Waals surface area contributed by atoms with E-state index < -0.39 is 30.1 Å². The van der Waals surface area contributed by atoms with E-state index in [1.165, 1.54) is 0 Å². The lowest BCUT2D eigenvalue weighted by molar-refractivity contribution is -0.137. The number of carboxylic acid groups (broad SMARTS) is 1. The highest BCUT2D eigenvalue weighted by atomic mass is 16.7. The molecule has 1 aliphatic heterocycles. The Labute approximate surface area is 160 Å². The second-order valence-electron chi connectivity index (χ2n) is 7.82. The van der Waals surface area contributed by atoms with Crippen LogP contribution in [0, 0.1) is 0 Å². The Bertz CT molecular complexity index is 787. The Kier molecular flexibility index (Phi) is 5.31. The molecular weight excluding hydrogens is 343 g/mol. The number of para-hydroxylation sites is 1. The molecule has 0 saturated carbocycles. The standard InChI is InChI=1S/C21H25BO5/c1-20(2)21(3,4)27-22(26-20)18(14-19(23)24)15-9-8-12-17(13-15)25-16-10-6-5-7-11-16/h5-13,18H,14H2,1-4H3,(H,23,24).